The van der Waals surface area contributed by atoms with Crippen molar-refractivity contribution in [3.05, 3.63) is 23.8 Å². The zero-order valence-corrected chi connectivity index (χ0v) is 13.9. The minimum Gasteiger partial charge on any atom is -0.497 e. The van der Waals surface area contributed by atoms with Crippen LogP contribution in [0.5, 0.6) is 11.5 Å². The SMILES string of the molecule is COC(=O)C(C)(C)CCC(=O)Cc1cc(OC)cc(OC)c1. The average Bonchev–Trinajstić information content (AvgIpc) is 2.51. The first-order chi connectivity index (χ1) is 10.3. The van der Waals surface area contributed by atoms with Crippen LogP contribution in [0.4, 0.5) is 0 Å². The van der Waals surface area contributed by atoms with Crippen LogP contribution in [0, 0.1) is 5.41 Å². The fourth-order valence-electron chi connectivity index (χ4n) is 2.11. The Morgan fingerprint density at radius 2 is 1.55 bits per heavy atom. The molecule has 0 amide bonds. The molecule has 1 aromatic carbocycles. The first kappa shape index (κ1) is 18.0. The highest BCUT2D eigenvalue weighted by Gasteiger charge is 2.29. The van der Waals surface area contributed by atoms with E-state index < -0.39 is 5.41 Å². The van der Waals surface area contributed by atoms with Gasteiger partial charge in [-0.05, 0) is 38.0 Å². The van der Waals surface area contributed by atoms with Crippen LogP contribution in [0.3, 0.4) is 0 Å². The zero-order valence-electron chi connectivity index (χ0n) is 13.9. The molecule has 22 heavy (non-hydrogen) atoms. The van der Waals surface area contributed by atoms with Gasteiger partial charge in [0.05, 0.1) is 26.7 Å². The van der Waals surface area contributed by atoms with Crippen LogP contribution in [-0.4, -0.2) is 33.1 Å². The van der Waals surface area contributed by atoms with E-state index >= 15 is 0 Å². The Morgan fingerprint density at radius 1 is 1.00 bits per heavy atom. The van der Waals surface area contributed by atoms with E-state index in [4.69, 9.17) is 14.2 Å². The third-order valence-electron chi connectivity index (χ3n) is 3.58. The van der Waals surface area contributed by atoms with Crippen molar-refractivity contribution in [3.63, 3.8) is 0 Å². The maximum absolute atomic E-state index is 12.1. The van der Waals surface area contributed by atoms with Crippen molar-refractivity contribution in [2.75, 3.05) is 21.3 Å². The third kappa shape index (κ3) is 5.06. The Bertz CT molecular complexity index is 512. The van der Waals surface area contributed by atoms with Crippen molar-refractivity contribution >= 4 is 11.8 Å². The van der Waals surface area contributed by atoms with E-state index in [1.54, 1.807) is 34.1 Å². The normalized spacial score (nSPS) is 11.0. The molecule has 0 aliphatic carbocycles. The smallest absolute Gasteiger partial charge is 0.311 e. The molecule has 122 valence electrons. The second kappa shape index (κ2) is 7.82. The molecule has 0 atom stereocenters. The summed E-state index contributed by atoms with van der Waals surface area (Å²) in [6.45, 7) is 3.56. The van der Waals surface area contributed by atoms with Gasteiger partial charge in [0.15, 0.2) is 0 Å². The lowest BCUT2D eigenvalue weighted by molar-refractivity contribution is -0.151. The molecular formula is C17H24O5. The number of ketones is 1. The van der Waals surface area contributed by atoms with Gasteiger partial charge < -0.3 is 14.2 Å². The highest BCUT2D eigenvalue weighted by atomic mass is 16.5. The van der Waals surface area contributed by atoms with Gasteiger partial charge in [0.25, 0.3) is 0 Å². The molecule has 0 fully saturated rings. The van der Waals surface area contributed by atoms with Crippen molar-refractivity contribution in [2.45, 2.75) is 33.1 Å². The van der Waals surface area contributed by atoms with E-state index in [-0.39, 0.29) is 18.2 Å². The molecule has 5 heteroatoms. The number of esters is 1. The molecule has 1 aromatic rings. The van der Waals surface area contributed by atoms with E-state index in [1.807, 2.05) is 12.1 Å². The quantitative estimate of drug-likeness (QED) is 0.691. The van der Waals surface area contributed by atoms with Gasteiger partial charge in [0.2, 0.25) is 0 Å². The molecule has 1 rings (SSSR count). The molecule has 0 aliphatic heterocycles. The van der Waals surface area contributed by atoms with Crippen molar-refractivity contribution in [3.8, 4) is 11.5 Å². The Kier molecular flexibility index (Phi) is 6.40. The summed E-state index contributed by atoms with van der Waals surface area (Å²) < 4.78 is 15.1. The molecule has 0 saturated carbocycles. The number of ether oxygens (including phenoxy) is 3. The van der Waals surface area contributed by atoms with Gasteiger partial charge in [0, 0.05) is 18.9 Å². The number of hydrogen-bond donors (Lipinski definition) is 0. The van der Waals surface area contributed by atoms with Crippen molar-refractivity contribution in [1.29, 1.82) is 0 Å². The summed E-state index contributed by atoms with van der Waals surface area (Å²) in [5, 5.41) is 0. The number of methoxy groups -OCH3 is 3. The van der Waals surface area contributed by atoms with Gasteiger partial charge in [0.1, 0.15) is 17.3 Å². The van der Waals surface area contributed by atoms with Crippen molar-refractivity contribution in [2.24, 2.45) is 5.41 Å². The summed E-state index contributed by atoms with van der Waals surface area (Å²) in [5.74, 6) is 1.06. The van der Waals surface area contributed by atoms with E-state index in [0.29, 0.717) is 24.3 Å². The van der Waals surface area contributed by atoms with Crippen LogP contribution in [0.25, 0.3) is 0 Å². The van der Waals surface area contributed by atoms with E-state index in [0.717, 1.165) is 5.56 Å². The highest BCUT2D eigenvalue weighted by Crippen LogP contribution is 2.26. The van der Waals surface area contributed by atoms with E-state index in [9.17, 15) is 9.59 Å². The highest BCUT2D eigenvalue weighted by molar-refractivity contribution is 5.82. The number of benzene rings is 1. The predicted molar refractivity (Wildman–Crippen MR) is 83.3 cm³/mol. The van der Waals surface area contributed by atoms with Gasteiger partial charge in [-0.2, -0.15) is 0 Å². The molecule has 0 aliphatic rings. The number of carbonyl (C=O) groups excluding carboxylic acids is 2. The van der Waals surface area contributed by atoms with E-state index in [1.165, 1.54) is 7.11 Å². The fraction of sp³-hybridized carbons (Fsp3) is 0.529. The Hall–Kier alpha value is -2.04. The zero-order chi connectivity index (χ0) is 16.8. The second-order valence-corrected chi connectivity index (χ2v) is 5.81. The van der Waals surface area contributed by atoms with Crippen molar-refractivity contribution in [1.82, 2.24) is 0 Å². The van der Waals surface area contributed by atoms with Crippen LogP contribution >= 0.6 is 0 Å². The molecule has 0 radical (unpaired) electrons. The van der Waals surface area contributed by atoms with Crippen molar-refractivity contribution < 1.29 is 23.8 Å². The lowest BCUT2D eigenvalue weighted by Crippen LogP contribution is -2.26. The summed E-state index contributed by atoms with van der Waals surface area (Å²) in [5.41, 5.74) is 0.174. The first-order valence-corrected chi connectivity index (χ1v) is 7.14. The molecule has 5 nitrogen and oxygen atoms in total. The first-order valence-electron chi connectivity index (χ1n) is 7.14. The molecule has 0 spiro atoms. The summed E-state index contributed by atoms with van der Waals surface area (Å²) in [6, 6.07) is 5.38. The Morgan fingerprint density at radius 3 is 2.00 bits per heavy atom. The monoisotopic (exact) mass is 308 g/mol. The number of hydrogen-bond acceptors (Lipinski definition) is 5. The number of carbonyl (C=O) groups is 2. The standard InChI is InChI=1S/C17H24O5/c1-17(2,16(19)22-5)7-6-13(18)8-12-9-14(20-3)11-15(10-12)21-4/h9-11H,6-8H2,1-5H3. The van der Waals surface area contributed by atoms with Gasteiger partial charge in [-0.25, -0.2) is 0 Å². The minimum atomic E-state index is -0.656. The van der Waals surface area contributed by atoms with Crippen LogP contribution in [-0.2, 0) is 20.7 Å². The van der Waals surface area contributed by atoms with Gasteiger partial charge in [-0.3, -0.25) is 9.59 Å². The van der Waals surface area contributed by atoms with E-state index in [2.05, 4.69) is 0 Å². The number of rotatable bonds is 8. The summed E-state index contributed by atoms with van der Waals surface area (Å²) in [4.78, 5) is 23.7. The molecule has 0 bridgehead atoms. The maximum Gasteiger partial charge on any atom is 0.311 e. The van der Waals surface area contributed by atoms with Gasteiger partial charge >= 0.3 is 5.97 Å². The van der Waals surface area contributed by atoms with Crippen LogP contribution in [0.2, 0.25) is 0 Å². The molecule has 0 N–H and O–H groups in total. The molecule has 0 unspecified atom stereocenters. The van der Waals surface area contributed by atoms with Crippen LogP contribution in [0.15, 0.2) is 18.2 Å². The summed E-state index contributed by atoms with van der Waals surface area (Å²) in [6.07, 6.45) is 1.06. The lowest BCUT2D eigenvalue weighted by atomic mass is 9.86. The largest absolute Gasteiger partial charge is 0.497 e. The maximum atomic E-state index is 12.1. The fourth-order valence-corrected chi connectivity index (χ4v) is 2.11. The number of Topliss-reactive ketones (excluding diaryl/α,β-unsaturated/α-hetero) is 1. The Balaban J connectivity index is 2.67. The van der Waals surface area contributed by atoms with Crippen LogP contribution in [0.1, 0.15) is 32.3 Å². The average molecular weight is 308 g/mol. The van der Waals surface area contributed by atoms with Crippen LogP contribution < -0.4 is 9.47 Å². The van der Waals surface area contributed by atoms with Gasteiger partial charge in [-0.15, -0.1) is 0 Å². The molecular weight excluding hydrogens is 284 g/mol. The van der Waals surface area contributed by atoms with Gasteiger partial charge in [-0.1, -0.05) is 0 Å². The minimum absolute atomic E-state index is 0.0623. The summed E-state index contributed by atoms with van der Waals surface area (Å²) >= 11 is 0. The molecule has 0 heterocycles. The lowest BCUT2D eigenvalue weighted by Gasteiger charge is -2.20. The molecule has 0 saturated heterocycles. The predicted octanol–water partition coefficient (Wildman–Crippen LogP) is 2.79. The second-order valence-electron chi connectivity index (χ2n) is 5.81. The Labute approximate surface area is 131 Å². The summed E-state index contributed by atoms with van der Waals surface area (Å²) in [7, 11) is 4.49. The molecule has 0 aromatic heterocycles. The third-order valence-corrected chi connectivity index (χ3v) is 3.58. The topological polar surface area (TPSA) is 61.8 Å².